The summed E-state index contributed by atoms with van der Waals surface area (Å²) in [6.45, 7) is 9.67. The molecule has 1 aromatic rings. The largest absolute Gasteiger partial charge is 0.444 e. The highest BCUT2D eigenvalue weighted by molar-refractivity contribution is 5.67. The van der Waals surface area contributed by atoms with Gasteiger partial charge in [-0.05, 0) is 44.2 Å². The van der Waals surface area contributed by atoms with Crippen LogP contribution in [0.1, 0.15) is 38.3 Å². The van der Waals surface area contributed by atoms with Crippen LogP contribution in [0.3, 0.4) is 0 Å². The summed E-state index contributed by atoms with van der Waals surface area (Å²) in [6, 6.07) is 8.24. The fourth-order valence-corrected chi connectivity index (χ4v) is 2.43. The number of benzene rings is 1. The molecule has 23 heavy (non-hydrogen) atoms. The van der Waals surface area contributed by atoms with Crippen molar-refractivity contribution in [1.82, 2.24) is 10.6 Å². The van der Waals surface area contributed by atoms with Gasteiger partial charge in [0.05, 0.1) is 6.61 Å². The Labute approximate surface area is 138 Å². The Balaban J connectivity index is 1.68. The fraction of sp³-hybridized carbons (Fsp3) is 0.611. The van der Waals surface area contributed by atoms with Gasteiger partial charge in [0.15, 0.2) is 0 Å². The van der Waals surface area contributed by atoms with Crippen molar-refractivity contribution in [3.63, 3.8) is 0 Å². The van der Waals surface area contributed by atoms with Crippen molar-refractivity contribution in [2.75, 3.05) is 19.8 Å². The van der Waals surface area contributed by atoms with Gasteiger partial charge in [0.25, 0.3) is 0 Å². The molecule has 1 saturated heterocycles. The van der Waals surface area contributed by atoms with E-state index >= 15 is 0 Å². The van der Waals surface area contributed by atoms with Crippen LogP contribution in [-0.2, 0) is 22.6 Å². The van der Waals surface area contributed by atoms with E-state index in [2.05, 4.69) is 22.8 Å². The average molecular weight is 320 g/mol. The maximum Gasteiger partial charge on any atom is 0.407 e. The van der Waals surface area contributed by atoms with Crippen LogP contribution in [0.4, 0.5) is 4.79 Å². The Hall–Kier alpha value is -1.59. The number of alkyl carbamates (subject to hydrolysis) is 1. The number of carbonyl (C=O) groups excluding carboxylic acids is 1. The Morgan fingerprint density at radius 2 is 1.87 bits per heavy atom. The van der Waals surface area contributed by atoms with Crippen molar-refractivity contribution in [2.45, 2.75) is 45.9 Å². The zero-order valence-corrected chi connectivity index (χ0v) is 14.4. The van der Waals surface area contributed by atoms with E-state index in [0.717, 1.165) is 38.3 Å². The Kier molecular flexibility index (Phi) is 6.42. The van der Waals surface area contributed by atoms with Crippen molar-refractivity contribution < 1.29 is 14.3 Å². The van der Waals surface area contributed by atoms with Gasteiger partial charge < -0.3 is 20.1 Å². The first-order valence-electron chi connectivity index (χ1n) is 8.25. The molecule has 0 bridgehead atoms. The van der Waals surface area contributed by atoms with Gasteiger partial charge in [0, 0.05) is 26.2 Å². The van der Waals surface area contributed by atoms with Crippen LogP contribution < -0.4 is 10.6 Å². The van der Waals surface area contributed by atoms with Gasteiger partial charge in [-0.2, -0.15) is 0 Å². The van der Waals surface area contributed by atoms with Crippen LogP contribution in [0.2, 0.25) is 0 Å². The smallest absolute Gasteiger partial charge is 0.407 e. The van der Waals surface area contributed by atoms with Gasteiger partial charge in [-0.3, -0.25) is 0 Å². The molecule has 1 heterocycles. The first-order chi connectivity index (χ1) is 10.9. The molecule has 0 aliphatic carbocycles. The molecule has 0 radical (unpaired) electrons. The van der Waals surface area contributed by atoms with Crippen molar-refractivity contribution in [1.29, 1.82) is 0 Å². The molecular weight excluding hydrogens is 292 g/mol. The summed E-state index contributed by atoms with van der Waals surface area (Å²) in [4.78, 5) is 11.6. The predicted octanol–water partition coefficient (Wildman–Crippen LogP) is 2.84. The molecule has 5 nitrogen and oxygen atoms in total. The number of hydrogen-bond acceptors (Lipinski definition) is 4. The summed E-state index contributed by atoms with van der Waals surface area (Å²) >= 11 is 0. The van der Waals surface area contributed by atoms with E-state index in [1.54, 1.807) is 0 Å². The molecule has 1 amide bonds. The number of hydrogen-bond donors (Lipinski definition) is 2. The minimum Gasteiger partial charge on any atom is -0.444 e. The molecule has 2 N–H and O–H groups in total. The van der Waals surface area contributed by atoms with E-state index in [1.807, 2.05) is 32.9 Å². The topological polar surface area (TPSA) is 59.6 Å². The highest BCUT2D eigenvalue weighted by Crippen LogP contribution is 2.11. The van der Waals surface area contributed by atoms with E-state index in [0.29, 0.717) is 12.5 Å². The third kappa shape index (κ3) is 7.01. The van der Waals surface area contributed by atoms with Gasteiger partial charge >= 0.3 is 6.09 Å². The lowest BCUT2D eigenvalue weighted by atomic mass is 10.1. The molecule has 0 aromatic heterocycles. The first-order valence-corrected chi connectivity index (χ1v) is 8.25. The summed E-state index contributed by atoms with van der Waals surface area (Å²) in [5.74, 6) is 0.646. The average Bonchev–Trinajstić information content (AvgIpc) is 2.98. The Morgan fingerprint density at radius 1 is 1.22 bits per heavy atom. The monoisotopic (exact) mass is 320 g/mol. The van der Waals surface area contributed by atoms with E-state index in [4.69, 9.17) is 9.47 Å². The molecule has 1 unspecified atom stereocenters. The second-order valence-corrected chi connectivity index (χ2v) is 7.03. The lowest BCUT2D eigenvalue weighted by Gasteiger charge is -2.19. The highest BCUT2D eigenvalue weighted by atomic mass is 16.6. The lowest BCUT2D eigenvalue weighted by Crippen LogP contribution is -2.32. The van der Waals surface area contributed by atoms with Crippen LogP contribution in [0, 0.1) is 5.92 Å². The zero-order valence-electron chi connectivity index (χ0n) is 14.4. The SMILES string of the molecule is CC(C)(C)OC(=O)NCc1ccc(CNCC2CCOC2)cc1. The van der Waals surface area contributed by atoms with Gasteiger partial charge in [-0.25, -0.2) is 4.79 Å². The van der Waals surface area contributed by atoms with Crippen molar-refractivity contribution in [2.24, 2.45) is 5.92 Å². The first kappa shape index (κ1) is 17.8. The number of carbonyl (C=O) groups is 1. The second kappa shape index (κ2) is 8.31. The van der Waals surface area contributed by atoms with Gasteiger partial charge in [-0.1, -0.05) is 24.3 Å². The molecular formula is C18H28N2O3. The molecule has 1 aliphatic heterocycles. The highest BCUT2D eigenvalue weighted by Gasteiger charge is 2.16. The summed E-state index contributed by atoms with van der Waals surface area (Å²) in [6.07, 6.45) is 0.768. The summed E-state index contributed by atoms with van der Waals surface area (Å²) < 4.78 is 10.6. The van der Waals surface area contributed by atoms with Crippen LogP contribution in [0.5, 0.6) is 0 Å². The number of ether oxygens (including phenoxy) is 2. The van der Waals surface area contributed by atoms with E-state index in [-0.39, 0.29) is 6.09 Å². The minimum atomic E-state index is -0.468. The van der Waals surface area contributed by atoms with Gasteiger partial charge in [0.2, 0.25) is 0 Å². The summed E-state index contributed by atoms with van der Waals surface area (Å²) in [7, 11) is 0. The molecule has 1 aromatic carbocycles. The predicted molar refractivity (Wildman–Crippen MR) is 90.1 cm³/mol. The minimum absolute atomic E-state index is 0.387. The van der Waals surface area contributed by atoms with Crippen molar-refractivity contribution in [3.05, 3.63) is 35.4 Å². The third-order valence-electron chi connectivity index (χ3n) is 3.64. The maximum absolute atomic E-state index is 11.6. The van der Waals surface area contributed by atoms with Crippen LogP contribution in [0.15, 0.2) is 24.3 Å². The molecule has 0 saturated carbocycles. The Bertz CT molecular complexity index is 488. The molecule has 1 atom stereocenters. The van der Waals surface area contributed by atoms with E-state index in [1.165, 1.54) is 5.56 Å². The van der Waals surface area contributed by atoms with Gasteiger partial charge in [0.1, 0.15) is 5.60 Å². The van der Waals surface area contributed by atoms with Crippen LogP contribution in [0.25, 0.3) is 0 Å². The quantitative estimate of drug-likeness (QED) is 0.846. The van der Waals surface area contributed by atoms with Crippen LogP contribution in [-0.4, -0.2) is 31.5 Å². The van der Waals surface area contributed by atoms with E-state index < -0.39 is 5.60 Å². The number of amides is 1. The molecule has 1 aliphatic rings. The zero-order chi connectivity index (χ0) is 16.7. The van der Waals surface area contributed by atoms with Crippen LogP contribution >= 0.6 is 0 Å². The standard InChI is InChI=1S/C18H28N2O3/c1-18(2,3)23-17(21)20-12-15-6-4-14(5-7-15)10-19-11-16-8-9-22-13-16/h4-7,16,19H,8-13H2,1-3H3,(H,20,21). The third-order valence-corrected chi connectivity index (χ3v) is 3.64. The summed E-state index contributed by atoms with van der Waals surface area (Å²) in [5.41, 5.74) is 1.83. The van der Waals surface area contributed by atoms with E-state index in [9.17, 15) is 4.79 Å². The maximum atomic E-state index is 11.6. The fourth-order valence-electron chi connectivity index (χ4n) is 2.43. The number of nitrogens with one attached hydrogen (secondary N) is 2. The van der Waals surface area contributed by atoms with Crippen molar-refractivity contribution in [3.8, 4) is 0 Å². The molecule has 1 fully saturated rings. The van der Waals surface area contributed by atoms with Gasteiger partial charge in [-0.15, -0.1) is 0 Å². The molecule has 128 valence electrons. The normalized spacial score (nSPS) is 18.0. The lowest BCUT2D eigenvalue weighted by molar-refractivity contribution is 0.0523. The molecule has 5 heteroatoms. The van der Waals surface area contributed by atoms with Crippen molar-refractivity contribution >= 4 is 6.09 Å². The Morgan fingerprint density at radius 3 is 2.43 bits per heavy atom. The number of rotatable bonds is 6. The summed E-state index contributed by atoms with van der Waals surface area (Å²) in [5, 5.41) is 6.23. The second-order valence-electron chi connectivity index (χ2n) is 7.03. The molecule has 2 rings (SSSR count). The molecule has 0 spiro atoms.